The summed E-state index contributed by atoms with van der Waals surface area (Å²) in [6, 6.07) is 3.94. The minimum Gasteiger partial charge on any atom is -0.396 e. The van der Waals surface area contributed by atoms with Crippen LogP contribution in [0.1, 0.15) is 26.0 Å². The van der Waals surface area contributed by atoms with Gasteiger partial charge < -0.3 is 15.2 Å². The highest BCUT2D eigenvalue weighted by Gasteiger charge is 2.25. The second-order valence-electron chi connectivity index (χ2n) is 5.33. The molecule has 2 N–H and O–H groups in total. The average Bonchev–Trinajstić information content (AvgIpc) is 2.52. The van der Waals surface area contributed by atoms with E-state index in [1.165, 1.54) is 6.42 Å². The fourth-order valence-corrected chi connectivity index (χ4v) is 2.95. The standard InChI is InChI=1S/C13H20N4/c1-9-4-10(2)8-17(7-9)13-12(15)5-11(6-14)16(13)3/h5,9-10H,4,7-8,15H2,1-3H3/t9-,10-/m0/s1. The molecule has 1 aliphatic rings. The molecule has 0 spiro atoms. The van der Waals surface area contributed by atoms with Crippen LogP contribution in [-0.4, -0.2) is 17.7 Å². The Balaban J connectivity index is 2.34. The lowest BCUT2D eigenvalue weighted by Crippen LogP contribution is -2.40. The van der Waals surface area contributed by atoms with E-state index in [1.54, 1.807) is 6.07 Å². The first-order valence-electron chi connectivity index (χ1n) is 6.13. The molecule has 1 fully saturated rings. The zero-order valence-corrected chi connectivity index (χ0v) is 10.8. The highest BCUT2D eigenvalue weighted by atomic mass is 15.3. The lowest BCUT2D eigenvalue weighted by molar-refractivity contribution is 0.354. The van der Waals surface area contributed by atoms with Crippen molar-refractivity contribution in [2.75, 3.05) is 23.7 Å². The van der Waals surface area contributed by atoms with E-state index >= 15 is 0 Å². The molecule has 2 rings (SSSR count). The monoisotopic (exact) mass is 232 g/mol. The molecule has 1 aromatic heterocycles. The summed E-state index contributed by atoms with van der Waals surface area (Å²) in [4.78, 5) is 2.31. The van der Waals surface area contributed by atoms with Crippen molar-refractivity contribution < 1.29 is 0 Å². The summed E-state index contributed by atoms with van der Waals surface area (Å²) in [7, 11) is 1.91. The van der Waals surface area contributed by atoms with Gasteiger partial charge in [0, 0.05) is 20.1 Å². The van der Waals surface area contributed by atoms with E-state index in [0.29, 0.717) is 23.2 Å². The Labute approximate surface area is 103 Å². The Kier molecular flexibility index (Phi) is 3.01. The first kappa shape index (κ1) is 11.8. The van der Waals surface area contributed by atoms with Crippen LogP contribution in [0.15, 0.2) is 6.07 Å². The predicted octanol–water partition coefficient (Wildman–Crippen LogP) is 1.96. The zero-order chi connectivity index (χ0) is 12.6. The molecule has 0 saturated carbocycles. The van der Waals surface area contributed by atoms with Gasteiger partial charge >= 0.3 is 0 Å². The molecule has 0 aromatic carbocycles. The number of hydrogen-bond acceptors (Lipinski definition) is 3. The van der Waals surface area contributed by atoms with Crippen LogP contribution >= 0.6 is 0 Å². The number of nitrogens with zero attached hydrogens (tertiary/aromatic N) is 3. The third-order valence-corrected chi connectivity index (χ3v) is 3.51. The highest BCUT2D eigenvalue weighted by Crippen LogP contribution is 2.31. The molecule has 2 heterocycles. The fourth-order valence-electron chi connectivity index (χ4n) is 2.95. The Morgan fingerprint density at radius 2 is 1.94 bits per heavy atom. The van der Waals surface area contributed by atoms with Gasteiger partial charge in [-0.25, -0.2) is 0 Å². The summed E-state index contributed by atoms with van der Waals surface area (Å²) >= 11 is 0. The van der Waals surface area contributed by atoms with Gasteiger partial charge in [-0.1, -0.05) is 13.8 Å². The van der Waals surface area contributed by atoms with Crippen molar-refractivity contribution in [3.8, 4) is 6.07 Å². The van der Waals surface area contributed by atoms with Crippen molar-refractivity contribution in [2.45, 2.75) is 20.3 Å². The summed E-state index contributed by atoms with van der Waals surface area (Å²) in [6.07, 6.45) is 1.27. The zero-order valence-electron chi connectivity index (χ0n) is 10.8. The van der Waals surface area contributed by atoms with E-state index in [2.05, 4.69) is 24.8 Å². The van der Waals surface area contributed by atoms with Gasteiger partial charge in [-0.2, -0.15) is 5.26 Å². The second-order valence-corrected chi connectivity index (χ2v) is 5.33. The van der Waals surface area contributed by atoms with Crippen LogP contribution in [0, 0.1) is 23.2 Å². The van der Waals surface area contributed by atoms with Crippen molar-refractivity contribution in [2.24, 2.45) is 18.9 Å². The number of rotatable bonds is 1. The molecular formula is C13H20N4. The largest absolute Gasteiger partial charge is 0.396 e. The summed E-state index contributed by atoms with van der Waals surface area (Å²) in [5.74, 6) is 2.36. The maximum Gasteiger partial charge on any atom is 0.133 e. The minimum atomic E-state index is 0.628. The van der Waals surface area contributed by atoms with Crippen LogP contribution < -0.4 is 10.6 Å². The molecule has 1 saturated heterocycles. The van der Waals surface area contributed by atoms with Gasteiger partial charge in [-0.05, 0) is 24.3 Å². The van der Waals surface area contributed by atoms with Gasteiger partial charge in [0.15, 0.2) is 0 Å². The predicted molar refractivity (Wildman–Crippen MR) is 69.7 cm³/mol. The van der Waals surface area contributed by atoms with E-state index < -0.39 is 0 Å². The Hall–Kier alpha value is -1.63. The Morgan fingerprint density at radius 1 is 1.35 bits per heavy atom. The number of piperidine rings is 1. The molecule has 1 aliphatic heterocycles. The fraction of sp³-hybridized carbons (Fsp3) is 0.615. The number of anilines is 2. The number of nitrogens with two attached hydrogens (primary N) is 1. The molecule has 1 aromatic rings. The van der Waals surface area contributed by atoms with E-state index in [1.807, 2.05) is 11.6 Å². The van der Waals surface area contributed by atoms with E-state index in [0.717, 1.165) is 18.9 Å². The van der Waals surface area contributed by atoms with Gasteiger partial charge in [-0.15, -0.1) is 0 Å². The van der Waals surface area contributed by atoms with Crippen LogP contribution in [0.4, 0.5) is 11.5 Å². The lowest BCUT2D eigenvalue weighted by atomic mass is 9.92. The van der Waals surface area contributed by atoms with Crippen molar-refractivity contribution in [1.82, 2.24) is 4.57 Å². The molecule has 4 nitrogen and oxygen atoms in total. The van der Waals surface area contributed by atoms with Crippen LogP contribution in [0.2, 0.25) is 0 Å². The number of nitriles is 1. The van der Waals surface area contributed by atoms with E-state index in [-0.39, 0.29) is 0 Å². The molecule has 17 heavy (non-hydrogen) atoms. The quantitative estimate of drug-likeness (QED) is 0.805. The highest BCUT2D eigenvalue weighted by molar-refractivity contribution is 5.67. The summed E-state index contributed by atoms with van der Waals surface area (Å²) in [6.45, 7) is 6.59. The van der Waals surface area contributed by atoms with Crippen LogP contribution in [0.25, 0.3) is 0 Å². The van der Waals surface area contributed by atoms with Crippen LogP contribution in [0.5, 0.6) is 0 Å². The third-order valence-electron chi connectivity index (χ3n) is 3.51. The van der Waals surface area contributed by atoms with E-state index in [9.17, 15) is 0 Å². The Morgan fingerprint density at radius 3 is 2.41 bits per heavy atom. The minimum absolute atomic E-state index is 0.628. The lowest BCUT2D eigenvalue weighted by Gasteiger charge is -2.37. The average molecular weight is 232 g/mol. The molecule has 4 heteroatoms. The van der Waals surface area contributed by atoms with Crippen LogP contribution in [0.3, 0.4) is 0 Å². The van der Waals surface area contributed by atoms with E-state index in [4.69, 9.17) is 11.0 Å². The number of aromatic nitrogens is 1. The number of nitrogen functional groups attached to an aromatic ring is 1. The maximum absolute atomic E-state index is 9.01. The van der Waals surface area contributed by atoms with Crippen molar-refractivity contribution in [1.29, 1.82) is 5.26 Å². The van der Waals surface area contributed by atoms with Gasteiger partial charge in [0.25, 0.3) is 0 Å². The van der Waals surface area contributed by atoms with Gasteiger partial charge in [0.1, 0.15) is 17.6 Å². The molecule has 0 unspecified atom stereocenters. The van der Waals surface area contributed by atoms with Gasteiger partial charge in [0.2, 0.25) is 0 Å². The molecular weight excluding hydrogens is 212 g/mol. The molecule has 2 atom stereocenters. The first-order chi connectivity index (χ1) is 8.02. The van der Waals surface area contributed by atoms with Crippen molar-refractivity contribution >= 4 is 11.5 Å². The molecule has 0 amide bonds. The first-order valence-corrected chi connectivity index (χ1v) is 6.13. The Bertz CT molecular complexity index is 445. The topological polar surface area (TPSA) is 58.0 Å². The molecule has 0 aliphatic carbocycles. The van der Waals surface area contributed by atoms with Crippen LogP contribution in [-0.2, 0) is 7.05 Å². The molecule has 0 radical (unpaired) electrons. The summed E-state index contributed by atoms with van der Waals surface area (Å²) in [5.41, 5.74) is 7.37. The SMILES string of the molecule is C[C@H]1C[C@H](C)CN(c2c(N)cc(C#N)n2C)C1. The summed E-state index contributed by atoms with van der Waals surface area (Å²) in [5, 5.41) is 9.01. The molecule has 0 bridgehead atoms. The van der Waals surface area contributed by atoms with Gasteiger partial charge in [0.05, 0.1) is 5.69 Å². The second kappa shape index (κ2) is 4.33. The molecule has 92 valence electrons. The summed E-state index contributed by atoms with van der Waals surface area (Å²) < 4.78 is 1.90. The third kappa shape index (κ3) is 2.10. The normalized spacial score (nSPS) is 24.7. The number of hydrogen-bond donors (Lipinski definition) is 1. The van der Waals surface area contributed by atoms with Crippen molar-refractivity contribution in [3.63, 3.8) is 0 Å². The van der Waals surface area contributed by atoms with Crippen molar-refractivity contribution in [3.05, 3.63) is 11.8 Å². The van der Waals surface area contributed by atoms with Gasteiger partial charge in [-0.3, -0.25) is 0 Å². The maximum atomic E-state index is 9.01. The smallest absolute Gasteiger partial charge is 0.133 e.